The van der Waals surface area contributed by atoms with E-state index in [-0.39, 0.29) is 11.7 Å². The third-order valence-electron chi connectivity index (χ3n) is 2.94. The second kappa shape index (κ2) is 6.39. The lowest BCUT2D eigenvalue weighted by Gasteiger charge is -2.36. The van der Waals surface area contributed by atoms with E-state index in [0.717, 1.165) is 32.1 Å². The Hall–Kier alpha value is -0.0800. The normalized spacial score (nSPS) is 33.5. The van der Waals surface area contributed by atoms with Crippen LogP contribution in [0.1, 0.15) is 52.9 Å². The molecule has 0 aromatic rings. The van der Waals surface area contributed by atoms with Gasteiger partial charge in [0.1, 0.15) is 0 Å². The molecule has 0 aromatic carbocycles. The highest BCUT2D eigenvalue weighted by molar-refractivity contribution is 4.85. The molecule has 1 saturated carbocycles. The maximum absolute atomic E-state index is 9.28. The van der Waals surface area contributed by atoms with Crippen LogP contribution in [0.25, 0.3) is 0 Å². The Balaban J connectivity index is 0.000000671. The van der Waals surface area contributed by atoms with Crippen molar-refractivity contribution >= 4 is 0 Å². The average molecular weight is 188 g/mol. The zero-order valence-electron chi connectivity index (χ0n) is 9.47. The van der Waals surface area contributed by atoms with Crippen molar-refractivity contribution in [3.63, 3.8) is 0 Å². The molecule has 2 nitrogen and oxygen atoms in total. The first-order valence-electron chi connectivity index (χ1n) is 5.45. The molecule has 1 aliphatic carbocycles. The van der Waals surface area contributed by atoms with Gasteiger partial charge in [-0.25, -0.2) is 0 Å². The topological polar surface area (TPSA) is 29.5 Å². The largest absolute Gasteiger partial charge is 0.393 e. The standard InChI is InChI=1S/C9H18O2.C2H6/c1-3-9(11-2)6-4-8(10)5-7-9;1-2/h8,10H,3-7H2,1-2H3;1-2H3. The SMILES string of the molecule is CC.CCC1(OC)CCC(O)CC1. The highest BCUT2D eigenvalue weighted by Crippen LogP contribution is 2.33. The van der Waals surface area contributed by atoms with Crippen LogP contribution in [-0.4, -0.2) is 23.9 Å². The first-order chi connectivity index (χ1) is 6.22. The Morgan fingerprint density at radius 1 is 1.31 bits per heavy atom. The molecule has 0 amide bonds. The van der Waals surface area contributed by atoms with Gasteiger partial charge in [0.25, 0.3) is 0 Å². The van der Waals surface area contributed by atoms with Crippen molar-refractivity contribution in [3.05, 3.63) is 0 Å². The molecule has 0 aromatic heterocycles. The summed E-state index contributed by atoms with van der Waals surface area (Å²) < 4.78 is 5.47. The molecule has 0 radical (unpaired) electrons. The van der Waals surface area contributed by atoms with Gasteiger partial charge in [-0.3, -0.25) is 0 Å². The first-order valence-corrected chi connectivity index (χ1v) is 5.45. The fourth-order valence-electron chi connectivity index (χ4n) is 1.83. The van der Waals surface area contributed by atoms with Gasteiger partial charge >= 0.3 is 0 Å². The van der Waals surface area contributed by atoms with Crippen molar-refractivity contribution in [3.8, 4) is 0 Å². The second-order valence-corrected chi connectivity index (χ2v) is 3.47. The van der Waals surface area contributed by atoms with Gasteiger partial charge in [-0.05, 0) is 32.1 Å². The van der Waals surface area contributed by atoms with E-state index in [0.29, 0.717) is 0 Å². The van der Waals surface area contributed by atoms with Gasteiger partial charge in [0.2, 0.25) is 0 Å². The Bertz CT molecular complexity index is 109. The molecule has 1 N–H and O–H groups in total. The molecule has 0 unspecified atom stereocenters. The minimum Gasteiger partial charge on any atom is -0.393 e. The Morgan fingerprint density at radius 3 is 2.08 bits per heavy atom. The maximum Gasteiger partial charge on any atom is 0.0678 e. The Labute approximate surface area is 82.3 Å². The van der Waals surface area contributed by atoms with Crippen LogP contribution < -0.4 is 0 Å². The molecule has 1 fully saturated rings. The van der Waals surface area contributed by atoms with E-state index >= 15 is 0 Å². The number of rotatable bonds is 2. The highest BCUT2D eigenvalue weighted by atomic mass is 16.5. The van der Waals surface area contributed by atoms with Crippen LogP contribution in [0.5, 0.6) is 0 Å². The lowest BCUT2D eigenvalue weighted by atomic mass is 9.81. The molecule has 13 heavy (non-hydrogen) atoms. The molecule has 2 heteroatoms. The van der Waals surface area contributed by atoms with Crippen molar-refractivity contribution in [1.82, 2.24) is 0 Å². The predicted octanol–water partition coefficient (Wildman–Crippen LogP) is 2.74. The number of hydrogen-bond donors (Lipinski definition) is 1. The summed E-state index contributed by atoms with van der Waals surface area (Å²) in [5.41, 5.74) is 0.0826. The van der Waals surface area contributed by atoms with Gasteiger partial charge in [0.15, 0.2) is 0 Å². The van der Waals surface area contributed by atoms with Crippen LogP contribution in [-0.2, 0) is 4.74 Å². The van der Waals surface area contributed by atoms with E-state index in [4.69, 9.17) is 4.74 Å². The van der Waals surface area contributed by atoms with Crippen molar-refractivity contribution < 1.29 is 9.84 Å². The van der Waals surface area contributed by atoms with Gasteiger partial charge < -0.3 is 9.84 Å². The van der Waals surface area contributed by atoms with E-state index in [2.05, 4.69) is 6.92 Å². The number of hydrogen-bond acceptors (Lipinski definition) is 2. The number of aliphatic hydroxyl groups is 1. The third-order valence-corrected chi connectivity index (χ3v) is 2.94. The lowest BCUT2D eigenvalue weighted by molar-refractivity contribution is -0.0658. The molecule has 0 atom stereocenters. The number of aliphatic hydroxyl groups excluding tert-OH is 1. The summed E-state index contributed by atoms with van der Waals surface area (Å²) in [4.78, 5) is 0. The molecule has 0 heterocycles. The summed E-state index contributed by atoms with van der Waals surface area (Å²) >= 11 is 0. The second-order valence-electron chi connectivity index (χ2n) is 3.47. The molecule has 1 rings (SSSR count). The summed E-state index contributed by atoms with van der Waals surface area (Å²) in [5, 5.41) is 9.28. The summed E-state index contributed by atoms with van der Waals surface area (Å²) in [6.45, 7) is 6.15. The van der Waals surface area contributed by atoms with Crippen LogP contribution in [0.4, 0.5) is 0 Å². The highest BCUT2D eigenvalue weighted by Gasteiger charge is 2.32. The fraction of sp³-hybridized carbons (Fsp3) is 1.00. The van der Waals surface area contributed by atoms with Gasteiger partial charge in [0.05, 0.1) is 11.7 Å². The van der Waals surface area contributed by atoms with Crippen LogP contribution in [0.3, 0.4) is 0 Å². The monoisotopic (exact) mass is 188 g/mol. The molecular weight excluding hydrogens is 164 g/mol. The number of ether oxygens (including phenoxy) is 1. The van der Waals surface area contributed by atoms with E-state index in [1.165, 1.54) is 0 Å². The molecule has 0 aliphatic heterocycles. The van der Waals surface area contributed by atoms with Gasteiger partial charge in [0, 0.05) is 7.11 Å². The van der Waals surface area contributed by atoms with Crippen molar-refractivity contribution in [2.75, 3.05) is 7.11 Å². The minimum atomic E-state index is -0.0789. The van der Waals surface area contributed by atoms with Crippen molar-refractivity contribution in [2.24, 2.45) is 0 Å². The Morgan fingerprint density at radius 2 is 1.77 bits per heavy atom. The Kier molecular flexibility index (Phi) is 6.35. The first kappa shape index (κ1) is 12.9. The maximum atomic E-state index is 9.28. The lowest BCUT2D eigenvalue weighted by Crippen LogP contribution is -2.36. The van der Waals surface area contributed by atoms with Crippen LogP contribution in [0, 0.1) is 0 Å². The summed E-state index contributed by atoms with van der Waals surface area (Å²) in [7, 11) is 1.78. The summed E-state index contributed by atoms with van der Waals surface area (Å²) in [5.74, 6) is 0. The van der Waals surface area contributed by atoms with Gasteiger partial charge in [-0.2, -0.15) is 0 Å². The average Bonchev–Trinajstić information content (AvgIpc) is 2.23. The summed E-state index contributed by atoms with van der Waals surface area (Å²) in [6.07, 6.45) is 4.83. The quantitative estimate of drug-likeness (QED) is 0.722. The molecule has 0 spiro atoms. The van der Waals surface area contributed by atoms with E-state index in [9.17, 15) is 5.11 Å². The zero-order valence-corrected chi connectivity index (χ0v) is 9.47. The van der Waals surface area contributed by atoms with Crippen molar-refractivity contribution in [1.29, 1.82) is 0 Å². The van der Waals surface area contributed by atoms with E-state index in [1.807, 2.05) is 13.8 Å². The van der Waals surface area contributed by atoms with Crippen LogP contribution >= 0.6 is 0 Å². The summed E-state index contributed by atoms with van der Waals surface area (Å²) in [6, 6.07) is 0. The third kappa shape index (κ3) is 3.65. The fourth-order valence-corrected chi connectivity index (χ4v) is 1.83. The van der Waals surface area contributed by atoms with Gasteiger partial charge in [-0.15, -0.1) is 0 Å². The molecule has 0 bridgehead atoms. The molecule has 1 aliphatic rings. The molecular formula is C11H24O2. The smallest absolute Gasteiger partial charge is 0.0678 e. The molecule has 0 saturated heterocycles. The van der Waals surface area contributed by atoms with Crippen molar-refractivity contribution in [2.45, 2.75) is 64.6 Å². The molecule has 80 valence electrons. The van der Waals surface area contributed by atoms with Gasteiger partial charge in [-0.1, -0.05) is 20.8 Å². The van der Waals surface area contributed by atoms with Crippen LogP contribution in [0.2, 0.25) is 0 Å². The number of methoxy groups -OCH3 is 1. The minimum absolute atomic E-state index is 0.0789. The predicted molar refractivity (Wildman–Crippen MR) is 55.9 cm³/mol. The van der Waals surface area contributed by atoms with Crippen LogP contribution in [0.15, 0.2) is 0 Å². The van der Waals surface area contributed by atoms with E-state index < -0.39 is 0 Å². The zero-order chi connectivity index (χ0) is 10.3. The van der Waals surface area contributed by atoms with E-state index in [1.54, 1.807) is 7.11 Å².